The zero-order valence-corrected chi connectivity index (χ0v) is 15.0. The van der Waals surface area contributed by atoms with E-state index in [0.29, 0.717) is 13.0 Å². The average Bonchev–Trinajstić information content (AvgIpc) is 2.52. The standard InChI is InChI=1S/C19H38O3/c1-3-4-5-6-7-10-13-16-19(20)22-18-15-12-9-8-11-14-17-21-2/h3-18H2,1-2H3. The molecule has 22 heavy (non-hydrogen) atoms. The monoisotopic (exact) mass is 314 g/mol. The predicted molar refractivity (Wildman–Crippen MR) is 93.1 cm³/mol. The van der Waals surface area contributed by atoms with E-state index in [1.165, 1.54) is 57.8 Å². The number of ether oxygens (including phenoxy) is 2. The topological polar surface area (TPSA) is 35.5 Å². The fourth-order valence-corrected chi connectivity index (χ4v) is 2.54. The Balaban J connectivity index is 3.13. The van der Waals surface area contributed by atoms with E-state index in [1.807, 2.05) is 0 Å². The SMILES string of the molecule is CCCCCCCCCC(=O)OCCCCCCCCOC. The van der Waals surface area contributed by atoms with E-state index in [2.05, 4.69) is 6.92 Å². The molecule has 0 aliphatic carbocycles. The lowest BCUT2D eigenvalue weighted by atomic mass is 10.1. The van der Waals surface area contributed by atoms with Crippen molar-refractivity contribution in [1.29, 1.82) is 0 Å². The number of carbonyl (C=O) groups excluding carboxylic acids is 1. The summed E-state index contributed by atoms with van der Waals surface area (Å²) in [6, 6.07) is 0. The van der Waals surface area contributed by atoms with Crippen molar-refractivity contribution in [3.63, 3.8) is 0 Å². The maximum Gasteiger partial charge on any atom is 0.305 e. The van der Waals surface area contributed by atoms with E-state index in [0.717, 1.165) is 32.3 Å². The van der Waals surface area contributed by atoms with Gasteiger partial charge in [-0.15, -0.1) is 0 Å². The minimum Gasteiger partial charge on any atom is -0.466 e. The summed E-state index contributed by atoms with van der Waals surface area (Å²) in [5.41, 5.74) is 0. The Hall–Kier alpha value is -0.570. The molecule has 0 saturated heterocycles. The van der Waals surface area contributed by atoms with Gasteiger partial charge < -0.3 is 9.47 Å². The molecule has 0 unspecified atom stereocenters. The van der Waals surface area contributed by atoms with E-state index in [4.69, 9.17) is 9.47 Å². The highest BCUT2D eigenvalue weighted by molar-refractivity contribution is 5.69. The third-order valence-electron chi connectivity index (χ3n) is 3.99. The van der Waals surface area contributed by atoms with Gasteiger partial charge in [0, 0.05) is 20.1 Å². The van der Waals surface area contributed by atoms with Crippen molar-refractivity contribution in [1.82, 2.24) is 0 Å². The van der Waals surface area contributed by atoms with Crippen LogP contribution < -0.4 is 0 Å². The van der Waals surface area contributed by atoms with E-state index in [-0.39, 0.29) is 5.97 Å². The molecule has 0 aliphatic rings. The third-order valence-corrected chi connectivity index (χ3v) is 3.99. The van der Waals surface area contributed by atoms with Crippen LogP contribution in [0.3, 0.4) is 0 Å². The quantitative estimate of drug-likeness (QED) is 0.257. The summed E-state index contributed by atoms with van der Waals surface area (Å²) in [6.45, 7) is 3.71. The minimum atomic E-state index is -0.00588. The molecule has 0 N–H and O–H groups in total. The van der Waals surface area contributed by atoms with Gasteiger partial charge in [-0.25, -0.2) is 0 Å². The van der Waals surface area contributed by atoms with Gasteiger partial charge in [-0.3, -0.25) is 4.79 Å². The Morgan fingerprint density at radius 1 is 0.682 bits per heavy atom. The van der Waals surface area contributed by atoms with Crippen LogP contribution in [-0.4, -0.2) is 26.3 Å². The van der Waals surface area contributed by atoms with Crippen molar-refractivity contribution in [3.8, 4) is 0 Å². The highest BCUT2D eigenvalue weighted by Crippen LogP contribution is 2.09. The third kappa shape index (κ3) is 17.5. The Kier molecular flexibility index (Phi) is 18.0. The number of rotatable bonds is 17. The van der Waals surface area contributed by atoms with Crippen LogP contribution in [0.5, 0.6) is 0 Å². The first-order valence-electron chi connectivity index (χ1n) is 9.45. The molecular formula is C19H38O3. The van der Waals surface area contributed by atoms with Gasteiger partial charge in [0.25, 0.3) is 0 Å². The highest BCUT2D eigenvalue weighted by Gasteiger charge is 2.02. The van der Waals surface area contributed by atoms with Gasteiger partial charge >= 0.3 is 5.97 Å². The fraction of sp³-hybridized carbons (Fsp3) is 0.947. The summed E-state index contributed by atoms with van der Waals surface area (Å²) in [4.78, 5) is 11.5. The number of hydrogen-bond donors (Lipinski definition) is 0. The van der Waals surface area contributed by atoms with Crippen LogP contribution in [0.2, 0.25) is 0 Å². The molecule has 0 saturated carbocycles. The van der Waals surface area contributed by atoms with Crippen LogP contribution >= 0.6 is 0 Å². The average molecular weight is 315 g/mol. The fourth-order valence-electron chi connectivity index (χ4n) is 2.54. The maximum absolute atomic E-state index is 11.5. The lowest BCUT2D eigenvalue weighted by Gasteiger charge is -2.05. The van der Waals surface area contributed by atoms with Gasteiger partial charge in [-0.2, -0.15) is 0 Å². The number of unbranched alkanes of at least 4 members (excludes halogenated alkanes) is 11. The molecule has 0 bridgehead atoms. The molecular weight excluding hydrogens is 276 g/mol. The van der Waals surface area contributed by atoms with Crippen molar-refractivity contribution in [2.24, 2.45) is 0 Å². The molecule has 3 heteroatoms. The normalized spacial score (nSPS) is 10.8. The molecule has 0 aliphatic heterocycles. The number of hydrogen-bond acceptors (Lipinski definition) is 3. The summed E-state index contributed by atoms with van der Waals surface area (Å²) in [7, 11) is 1.75. The largest absolute Gasteiger partial charge is 0.466 e. The second kappa shape index (κ2) is 18.5. The molecule has 0 spiro atoms. The van der Waals surface area contributed by atoms with E-state index in [9.17, 15) is 4.79 Å². The van der Waals surface area contributed by atoms with Gasteiger partial charge in [0.1, 0.15) is 0 Å². The molecule has 0 amide bonds. The van der Waals surface area contributed by atoms with Crippen LogP contribution in [0.1, 0.15) is 96.8 Å². The Morgan fingerprint density at radius 3 is 1.77 bits per heavy atom. The molecule has 0 fully saturated rings. The summed E-state index contributed by atoms with van der Waals surface area (Å²) in [5, 5.41) is 0. The first-order valence-corrected chi connectivity index (χ1v) is 9.45. The zero-order valence-electron chi connectivity index (χ0n) is 15.0. The van der Waals surface area contributed by atoms with Crippen molar-refractivity contribution in [2.45, 2.75) is 96.8 Å². The number of methoxy groups -OCH3 is 1. The molecule has 3 nitrogen and oxygen atoms in total. The van der Waals surface area contributed by atoms with Crippen molar-refractivity contribution >= 4 is 5.97 Å². The van der Waals surface area contributed by atoms with E-state index in [1.54, 1.807) is 7.11 Å². The lowest BCUT2D eigenvalue weighted by molar-refractivity contribution is -0.143. The molecule has 132 valence electrons. The Morgan fingerprint density at radius 2 is 1.18 bits per heavy atom. The smallest absolute Gasteiger partial charge is 0.305 e. The number of esters is 1. The predicted octanol–water partition coefficient (Wildman–Crippen LogP) is 5.66. The summed E-state index contributed by atoms with van der Waals surface area (Å²) in [5.74, 6) is -0.00588. The first kappa shape index (κ1) is 21.4. The van der Waals surface area contributed by atoms with E-state index < -0.39 is 0 Å². The molecule has 0 aromatic carbocycles. The maximum atomic E-state index is 11.5. The van der Waals surface area contributed by atoms with E-state index >= 15 is 0 Å². The molecule has 0 rings (SSSR count). The van der Waals surface area contributed by atoms with Crippen molar-refractivity contribution in [3.05, 3.63) is 0 Å². The van der Waals surface area contributed by atoms with Gasteiger partial charge in [0.2, 0.25) is 0 Å². The Labute approximate surface area is 138 Å². The van der Waals surface area contributed by atoms with Crippen LogP contribution in [0.4, 0.5) is 0 Å². The highest BCUT2D eigenvalue weighted by atomic mass is 16.5. The second-order valence-corrected chi connectivity index (χ2v) is 6.21. The van der Waals surface area contributed by atoms with Gasteiger partial charge in [0.15, 0.2) is 0 Å². The molecule has 0 aromatic rings. The molecule has 0 radical (unpaired) electrons. The molecule has 0 atom stereocenters. The molecule has 0 aromatic heterocycles. The van der Waals surface area contributed by atoms with Crippen LogP contribution in [0.15, 0.2) is 0 Å². The number of carbonyl (C=O) groups is 1. The summed E-state index contributed by atoms with van der Waals surface area (Å²) >= 11 is 0. The van der Waals surface area contributed by atoms with Crippen LogP contribution in [-0.2, 0) is 14.3 Å². The summed E-state index contributed by atoms with van der Waals surface area (Å²) in [6.07, 6.45) is 16.4. The van der Waals surface area contributed by atoms with Gasteiger partial charge in [0.05, 0.1) is 6.61 Å². The Bertz CT molecular complexity index is 229. The van der Waals surface area contributed by atoms with Crippen molar-refractivity contribution in [2.75, 3.05) is 20.3 Å². The second-order valence-electron chi connectivity index (χ2n) is 6.21. The lowest BCUT2D eigenvalue weighted by Crippen LogP contribution is -2.05. The first-order chi connectivity index (χ1) is 10.8. The van der Waals surface area contributed by atoms with Crippen LogP contribution in [0.25, 0.3) is 0 Å². The minimum absolute atomic E-state index is 0.00588. The summed E-state index contributed by atoms with van der Waals surface area (Å²) < 4.78 is 10.3. The van der Waals surface area contributed by atoms with Crippen LogP contribution in [0, 0.1) is 0 Å². The van der Waals surface area contributed by atoms with Gasteiger partial charge in [-0.1, -0.05) is 71.1 Å². The zero-order chi connectivity index (χ0) is 16.3. The molecule has 0 heterocycles. The van der Waals surface area contributed by atoms with Gasteiger partial charge in [-0.05, 0) is 19.3 Å². The van der Waals surface area contributed by atoms with Crippen molar-refractivity contribution < 1.29 is 14.3 Å².